The van der Waals surface area contributed by atoms with Crippen LogP contribution in [-0.4, -0.2) is 16.6 Å². The predicted octanol–water partition coefficient (Wildman–Crippen LogP) is 10.7. The molecule has 0 saturated carbocycles. The normalized spacial score (nSPS) is 13.3. The molecule has 0 aliphatic carbocycles. The third kappa shape index (κ3) is 5.37. The van der Waals surface area contributed by atoms with Gasteiger partial charge in [-0.1, -0.05) is 90.1 Å². The summed E-state index contributed by atoms with van der Waals surface area (Å²) in [5.74, 6) is 1.87. The molecule has 0 amide bonds. The van der Waals surface area contributed by atoms with Gasteiger partial charge in [0.15, 0.2) is 0 Å². The highest BCUT2D eigenvalue weighted by molar-refractivity contribution is 6.75. The first-order chi connectivity index (χ1) is 17.0. The van der Waals surface area contributed by atoms with E-state index in [2.05, 4.69) is 141 Å². The molecule has 4 heteroatoms. The molecule has 0 radical (unpaired) electrons. The molecule has 0 aliphatic heterocycles. The Morgan fingerprint density at radius 3 is 1.76 bits per heavy atom. The minimum absolute atomic E-state index is 0.109. The van der Waals surface area contributed by atoms with Crippen molar-refractivity contribution in [2.75, 3.05) is 0 Å². The van der Waals surface area contributed by atoms with Gasteiger partial charge in [0.1, 0.15) is 11.5 Å². The second kappa shape index (κ2) is 9.32. The summed E-state index contributed by atoms with van der Waals surface area (Å²) in [6.07, 6.45) is 0. The Kier molecular flexibility index (Phi) is 6.92. The first-order valence-corrected chi connectivity index (χ1v) is 19.3. The third-order valence-corrected chi connectivity index (χ3v) is 17.4. The Balaban J connectivity index is 1.92. The summed E-state index contributed by atoms with van der Waals surface area (Å²) in [6, 6.07) is 24.3. The van der Waals surface area contributed by atoms with Gasteiger partial charge in [0.25, 0.3) is 0 Å². The summed E-state index contributed by atoms with van der Waals surface area (Å²) >= 11 is 0. The van der Waals surface area contributed by atoms with E-state index in [-0.39, 0.29) is 10.1 Å². The Morgan fingerprint density at radius 2 is 1.14 bits per heavy atom. The van der Waals surface area contributed by atoms with Gasteiger partial charge >= 0.3 is 0 Å². The van der Waals surface area contributed by atoms with E-state index in [1.807, 2.05) is 0 Å². The zero-order chi connectivity index (χ0) is 27.4. The van der Waals surface area contributed by atoms with Crippen LogP contribution >= 0.6 is 0 Å². The quantitative estimate of drug-likeness (QED) is 0.189. The average Bonchev–Trinajstić information content (AvgIpc) is 2.78. The molecule has 0 spiro atoms. The fraction of sp³-hybridized carbons (Fsp3) is 0.394. The summed E-state index contributed by atoms with van der Waals surface area (Å²) < 4.78 is 13.8. The molecular formula is C33H44O2Si2. The van der Waals surface area contributed by atoms with Crippen LogP contribution in [0.15, 0.2) is 66.7 Å². The lowest BCUT2D eigenvalue weighted by Crippen LogP contribution is -2.44. The van der Waals surface area contributed by atoms with Crippen LogP contribution in [0.4, 0.5) is 0 Å². The van der Waals surface area contributed by atoms with Crippen LogP contribution in [0.25, 0.3) is 32.7 Å². The van der Waals surface area contributed by atoms with E-state index in [0.717, 1.165) is 11.5 Å². The number of rotatable bonds is 5. The van der Waals surface area contributed by atoms with Crippen LogP contribution in [0, 0.1) is 6.92 Å². The first-order valence-electron chi connectivity index (χ1n) is 13.4. The topological polar surface area (TPSA) is 18.5 Å². The second-order valence-corrected chi connectivity index (χ2v) is 23.0. The van der Waals surface area contributed by atoms with Crippen molar-refractivity contribution in [3.05, 3.63) is 72.3 Å². The second-order valence-electron chi connectivity index (χ2n) is 13.5. The molecule has 0 heterocycles. The van der Waals surface area contributed by atoms with E-state index in [9.17, 15) is 0 Å². The molecule has 4 aromatic rings. The lowest BCUT2D eigenvalue weighted by molar-refractivity contribution is 0.473. The summed E-state index contributed by atoms with van der Waals surface area (Å²) in [4.78, 5) is 0. The fourth-order valence-electron chi connectivity index (χ4n) is 4.17. The molecule has 0 atom stereocenters. The van der Waals surface area contributed by atoms with Gasteiger partial charge < -0.3 is 8.85 Å². The molecule has 0 N–H and O–H groups in total. The van der Waals surface area contributed by atoms with E-state index < -0.39 is 16.6 Å². The molecule has 4 aromatic carbocycles. The highest BCUT2D eigenvalue weighted by Crippen LogP contribution is 2.44. The van der Waals surface area contributed by atoms with Crippen LogP contribution in [0.3, 0.4) is 0 Å². The predicted molar refractivity (Wildman–Crippen MR) is 167 cm³/mol. The maximum Gasteiger partial charge on any atom is 0.250 e. The van der Waals surface area contributed by atoms with Gasteiger partial charge in [-0.05, 0) is 93.6 Å². The van der Waals surface area contributed by atoms with Crippen molar-refractivity contribution in [2.24, 2.45) is 0 Å². The van der Waals surface area contributed by atoms with Crippen LogP contribution in [0.1, 0.15) is 47.1 Å². The molecule has 0 bridgehead atoms. The Hall–Kier alpha value is -2.57. The Labute approximate surface area is 226 Å². The number of hydrogen-bond donors (Lipinski definition) is 0. The zero-order valence-electron chi connectivity index (χ0n) is 24.7. The number of benzene rings is 4. The maximum absolute atomic E-state index is 6.93. The molecule has 0 saturated heterocycles. The van der Waals surface area contributed by atoms with Crippen LogP contribution in [-0.2, 0) is 0 Å². The SMILES string of the molecule is Cc1c(O[Si](C)(C)C(C)(C)C)cc(O[Si](C)(C)C(C)(C)C)cc1-c1ccc2ccc3ccccc3c2c1. The minimum Gasteiger partial charge on any atom is -0.543 e. The van der Waals surface area contributed by atoms with Gasteiger partial charge in [0.2, 0.25) is 16.6 Å². The number of fused-ring (bicyclic) bond motifs is 3. The van der Waals surface area contributed by atoms with Crippen molar-refractivity contribution in [2.45, 2.75) is 84.7 Å². The van der Waals surface area contributed by atoms with Crippen molar-refractivity contribution in [1.82, 2.24) is 0 Å². The maximum atomic E-state index is 6.93. The summed E-state index contributed by atoms with van der Waals surface area (Å²) in [6.45, 7) is 25.2. The first kappa shape index (κ1) is 27.5. The average molecular weight is 529 g/mol. The van der Waals surface area contributed by atoms with E-state index in [1.165, 1.54) is 38.2 Å². The van der Waals surface area contributed by atoms with E-state index in [4.69, 9.17) is 8.85 Å². The smallest absolute Gasteiger partial charge is 0.250 e. The molecule has 2 nitrogen and oxygen atoms in total. The largest absolute Gasteiger partial charge is 0.543 e. The van der Waals surface area contributed by atoms with E-state index in [1.54, 1.807) is 0 Å². The lowest BCUT2D eigenvalue weighted by Gasteiger charge is -2.38. The van der Waals surface area contributed by atoms with E-state index >= 15 is 0 Å². The van der Waals surface area contributed by atoms with Crippen molar-refractivity contribution in [3.8, 4) is 22.6 Å². The standard InChI is InChI=1S/C33H44O2Si2/c1-23-29(26-19-18-25-17-16-24-14-12-13-15-28(24)30(25)20-26)21-27(34-36(8,9)32(2,3)4)22-31(23)35-37(10,11)33(5,6)7/h12-22H,1-11H3. The minimum atomic E-state index is -2.04. The molecule has 4 rings (SSSR count). The van der Waals surface area contributed by atoms with Crippen molar-refractivity contribution in [3.63, 3.8) is 0 Å². The molecule has 0 fully saturated rings. The molecule has 0 aliphatic rings. The van der Waals surface area contributed by atoms with Crippen LogP contribution in [0.2, 0.25) is 36.3 Å². The molecule has 0 aromatic heterocycles. The van der Waals surface area contributed by atoms with Gasteiger partial charge in [-0.25, -0.2) is 0 Å². The summed E-state index contributed by atoms with van der Waals surface area (Å²) in [5, 5.41) is 5.30. The van der Waals surface area contributed by atoms with Crippen molar-refractivity contribution < 1.29 is 8.85 Å². The summed E-state index contributed by atoms with van der Waals surface area (Å²) in [5.41, 5.74) is 3.55. The van der Waals surface area contributed by atoms with Gasteiger partial charge in [-0.2, -0.15) is 0 Å². The fourth-order valence-corrected chi connectivity index (χ4v) is 6.25. The van der Waals surface area contributed by atoms with Crippen LogP contribution < -0.4 is 8.85 Å². The van der Waals surface area contributed by atoms with Gasteiger partial charge in [0.05, 0.1) is 0 Å². The number of hydrogen-bond acceptors (Lipinski definition) is 2. The molecule has 0 unspecified atom stereocenters. The third-order valence-electron chi connectivity index (χ3n) is 8.74. The monoisotopic (exact) mass is 528 g/mol. The van der Waals surface area contributed by atoms with Gasteiger partial charge in [-0.15, -0.1) is 0 Å². The Bertz CT molecular complexity index is 1450. The van der Waals surface area contributed by atoms with Crippen molar-refractivity contribution in [1.29, 1.82) is 0 Å². The zero-order valence-corrected chi connectivity index (χ0v) is 26.7. The Morgan fingerprint density at radius 1 is 0.595 bits per heavy atom. The van der Waals surface area contributed by atoms with Crippen molar-refractivity contribution >= 4 is 38.2 Å². The molecule has 37 heavy (non-hydrogen) atoms. The lowest BCUT2D eigenvalue weighted by atomic mass is 9.94. The van der Waals surface area contributed by atoms with Gasteiger partial charge in [0, 0.05) is 6.07 Å². The highest BCUT2D eigenvalue weighted by Gasteiger charge is 2.41. The summed E-state index contributed by atoms with van der Waals surface area (Å²) in [7, 11) is -4.07. The highest BCUT2D eigenvalue weighted by atomic mass is 28.4. The molecular weight excluding hydrogens is 485 g/mol. The van der Waals surface area contributed by atoms with E-state index in [0.29, 0.717) is 0 Å². The molecule has 196 valence electrons. The van der Waals surface area contributed by atoms with Crippen LogP contribution in [0.5, 0.6) is 11.5 Å². The van der Waals surface area contributed by atoms with Gasteiger partial charge in [-0.3, -0.25) is 0 Å².